The molecule has 3 atom stereocenters. The Morgan fingerprint density at radius 2 is 1.97 bits per heavy atom. The van der Waals surface area contributed by atoms with Crippen molar-refractivity contribution in [3.63, 3.8) is 0 Å². The fourth-order valence-corrected chi connectivity index (χ4v) is 4.20. The van der Waals surface area contributed by atoms with Crippen LogP contribution < -0.4 is 15.8 Å². The summed E-state index contributed by atoms with van der Waals surface area (Å²) < 4.78 is 16.8. The van der Waals surface area contributed by atoms with Gasteiger partial charge in [0.05, 0.1) is 28.8 Å². The molecule has 1 saturated carbocycles. The first-order valence-corrected chi connectivity index (χ1v) is 11.5. The lowest BCUT2D eigenvalue weighted by molar-refractivity contribution is 0.0235. The Bertz CT molecular complexity index is 1260. The Morgan fingerprint density at radius 1 is 1.18 bits per heavy atom. The highest BCUT2D eigenvalue weighted by atomic mass is 16.5. The van der Waals surface area contributed by atoms with Crippen LogP contribution in [-0.4, -0.2) is 46.8 Å². The predicted octanol–water partition coefficient (Wildman–Crippen LogP) is 3.79. The number of anilines is 2. The largest absolute Gasteiger partial charge is 0.474 e. The Balaban J connectivity index is 1.54. The van der Waals surface area contributed by atoms with Gasteiger partial charge in [0.25, 0.3) is 0 Å². The lowest BCUT2D eigenvalue weighted by Crippen LogP contribution is -2.38. The molecular formula is C25H29N5O4. The van der Waals surface area contributed by atoms with E-state index in [1.165, 1.54) is 0 Å². The molecule has 1 aliphatic carbocycles. The van der Waals surface area contributed by atoms with Crippen LogP contribution in [0.3, 0.4) is 0 Å². The van der Waals surface area contributed by atoms with Gasteiger partial charge in [-0.25, -0.2) is 19.7 Å². The second-order valence-corrected chi connectivity index (χ2v) is 9.41. The topological polar surface area (TPSA) is 121 Å². The van der Waals surface area contributed by atoms with Gasteiger partial charge in [0, 0.05) is 31.0 Å². The summed E-state index contributed by atoms with van der Waals surface area (Å²) in [5.41, 5.74) is 7.89. The highest BCUT2D eigenvalue weighted by molar-refractivity contribution is 5.93. The van der Waals surface area contributed by atoms with Crippen LogP contribution in [0.5, 0.6) is 5.88 Å². The number of hydrogen-bond donors (Lipinski definition) is 2. The Hall–Kier alpha value is -3.30. The van der Waals surface area contributed by atoms with E-state index < -0.39 is 5.54 Å². The number of fused-ring (bicyclic) bond motifs is 2. The molecular weight excluding hydrogens is 434 g/mol. The van der Waals surface area contributed by atoms with Crippen LogP contribution >= 0.6 is 0 Å². The van der Waals surface area contributed by atoms with Gasteiger partial charge in [-0.2, -0.15) is 0 Å². The lowest BCUT2D eigenvalue weighted by atomic mass is 9.91. The van der Waals surface area contributed by atoms with Crippen molar-refractivity contribution in [1.82, 2.24) is 15.0 Å². The number of rotatable bonds is 7. The van der Waals surface area contributed by atoms with Gasteiger partial charge in [0.1, 0.15) is 23.8 Å². The summed E-state index contributed by atoms with van der Waals surface area (Å²) in [7, 11) is 1.62. The van der Waals surface area contributed by atoms with Gasteiger partial charge >= 0.3 is 5.97 Å². The Morgan fingerprint density at radius 3 is 2.71 bits per heavy atom. The molecule has 3 N–H and O–H groups in total. The smallest absolute Gasteiger partial charge is 0.340 e. The number of nitrogens with one attached hydrogen (secondary N) is 1. The molecule has 0 amide bonds. The summed E-state index contributed by atoms with van der Waals surface area (Å²) in [6, 6.07) is 5.42. The van der Waals surface area contributed by atoms with E-state index >= 15 is 0 Å². The summed E-state index contributed by atoms with van der Waals surface area (Å²) in [5.74, 6) is 1.39. The third-order valence-electron chi connectivity index (χ3n) is 6.43. The first-order valence-electron chi connectivity index (χ1n) is 11.5. The lowest BCUT2D eigenvalue weighted by Gasteiger charge is -2.27. The molecule has 5 rings (SSSR count). The van der Waals surface area contributed by atoms with Crippen molar-refractivity contribution < 1.29 is 19.0 Å². The molecule has 0 aromatic carbocycles. The van der Waals surface area contributed by atoms with Crippen LogP contribution in [0.2, 0.25) is 0 Å². The van der Waals surface area contributed by atoms with E-state index in [2.05, 4.69) is 15.3 Å². The normalized spacial score (nSPS) is 21.5. The molecule has 9 nitrogen and oxygen atoms in total. The average molecular weight is 464 g/mol. The van der Waals surface area contributed by atoms with Gasteiger partial charge in [-0.05, 0) is 50.3 Å². The third kappa shape index (κ3) is 4.17. The molecule has 0 bridgehead atoms. The minimum atomic E-state index is -0.757. The summed E-state index contributed by atoms with van der Waals surface area (Å²) in [6.07, 6.45) is 5.54. The average Bonchev–Trinajstić information content (AvgIpc) is 3.61. The van der Waals surface area contributed by atoms with Crippen molar-refractivity contribution in [2.75, 3.05) is 19.0 Å². The molecule has 0 radical (unpaired) electrons. The molecule has 0 saturated heterocycles. The van der Waals surface area contributed by atoms with Crippen LogP contribution in [0.15, 0.2) is 30.6 Å². The van der Waals surface area contributed by atoms with E-state index in [1.807, 2.05) is 26.8 Å². The standard InChI is InChI=1S/C25H29N5O4/c1-13-14(2)33-24(31)16-7-8-20(30-22(13)16)29-21-9-17-18(10-27-21)23(34-15-5-6-15)28-11-19(17)25(3,26)12-32-4/h7-11,13-15H,5-6,12,26H2,1-4H3,(H,27,29,30)/t13?,14?,25-/m0/s1. The highest BCUT2D eigenvalue weighted by Crippen LogP contribution is 2.36. The number of nitrogens with zero attached hydrogens (tertiary/aromatic N) is 3. The second-order valence-electron chi connectivity index (χ2n) is 9.41. The number of aromatic nitrogens is 3. The zero-order valence-electron chi connectivity index (χ0n) is 19.8. The predicted molar refractivity (Wildman–Crippen MR) is 127 cm³/mol. The highest BCUT2D eigenvalue weighted by Gasteiger charge is 2.32. The van der Waals surface area contributed by atoms with Crippen LogP contribution in [0.25, 0.3) is 10.8 Å². The van der Waals surface area contributed by atoms with E-state index in [1.54, 1.807) is 31.6 Å². The molecule has 2 aliphatic rings. The van der Waals surface area contributed by atoms with Crippen LogP contribution in [0.4, 0.5) is 11.6 Å². The van der Waals surface area contributed by atoms with Crippen molar-refractivity contribution in [2.24, 2.45) is 5.73 Å². The summed E-state index contributed by atoms with van der Waals surface area (Å²) in [6.45, 7) is 6.11. The summed E-state index contributed by atoms with van der Waals surface area (Å²) in [5, 5.41) is 4.95. The van der Waals surface area contributed by atoms with Crippen molar-refractivity contribution in [1.29, 1.82) is 0 Å². The Kier molecular flexibility index (Phi) is 5.61. The SMILES string of the molecule is COC[C@](C)(N)c1cnc(OC2CC2)c2cnc(Nc3ccc4c(n3)C(C)C(C)OC4=O)cc12. The van der Waals surface area contributed by atoms with Gasteiger partial charge in [-0.15, -0.1) is 0 Å². The van der Waals surface area contributed by atoms with Gasteiger partial charge in [-0.3, -0.25) is 0 Å². The number of nitrogens with two attached hydrogens (primary N) is 1. The summed E-state index contributed by atoms with van der Waals surface area (Å²) >= 11 is 0. The second kappa shape index (κ2) is 8.48. The fourth-order valence-electron chi connectivity index (χ4n) is 4.20. The van der Waals surface area contributed by atoms with E-state index in [4.69, 9.17) is 24.9 Å². The Labute approximate surface area is 198 Å². The molecule has 3 aromatic heterocycles. The van der Waals surface area contributed by atoms with Crippen molar-refractivity contribution >= 4 is 28.4 Å². The zero-order valence-corrected chi connectivity index (χ0v) is 19.8. The molecule has 2 unspecified atom stereocenters. The first-order chi connectivity index (χ1) is 16.3. The van der Waals surface area contributed by atoms with Gasteiger partial charge < -0.3 is 25.3 Å². The van der Waals surface area contributed by atoms with E-state index in [-0.39, 0.29) is 24.1 Å². The number of hydrogen-bond acceptors (Lipinski definition) is 9. The minimum absolute atomic E-state index is 0.00851. The molecule has 9 heteroatoms. The minimum Gasteiger partial charge on any atom is -0.474 e. The van der Waals surface area contributed by atoms with Gasteiger partial charge in [-0.1, -0.05) is 6.92 Å². The number of carbonyl (C=O) groups is 1. The van der Waals surface area contributed by atoms with Gasteiger partial charge in [0.15, 0.2) is 0 Å². The van der Waals surface area contributed by atoms with Crippen molar-refractivity contribution in [2.45, 2.75) is 57.3 Å². The molecule has 3 aromatic rings. The molecule has 34 heavy (non-hydrogen) atoms. The number of cyclic esters (lactones) is 1. The molecule has 0 spiro atoms. The van der Waals surface area contributed by atoms with E-state index in [0.29, 0.717) is 35.4 Å². The molecule has 1 aliphatic heterocycles. The van der Waals surface area contributed by atoms with Crippen LogP contribution in [0.1, 0.15) is 61.1 Å². The molecule has 1 fully saturated rings. The van der Waals surface area contributed by atoms with Crippen LogP contribution in [-0.2, 0) is 15.0 Å². The maximum absolute atomic E-state index is 12.2. The fraction of sp³-hybridized carbons (Fsp3) is 0.440. The van der Waals surface area contributed by atoms with Crippen LogP contribution in [0, 0.1) is 0 Å². The quantitative estimate of drug-likeness (QED) is 0.504. The van der Waals surface area contributed by atoms with E-state index in [0.717, 1.165) is 29.2 Å². The van der Waals surface area contributed by atoms with Crippen molar-refractivity contribution in [3.8, 4) is 5.88 Å². The van der Waals surface area contributed by atoms with Gasteiger partial charge in [0.2, 0.25) is 5.88 Å². The number of esters is 1. The molecule has 178 valence electrons. The number of methoxy groups -OCH3 is 1. The number of carbonyl (C=O) groups excluding carboxylic acids is 1. The zero-order chi connectivity index (χ0) is 24.0. The third-order valence-corrected chi connectivity index (χ3v) is 6.43. The van der Waals surface area contributed by atoms with Crippen molar-refractivity contribution in [3.05, 3.63) is 47.4 Å². The maximum atomic E-state index is 12.2. The number of pyridine rings is 3. The van der Waals surface area contributed by atoms with E-state index in [9.17, 15) is 4.79 Å². The monoisotopic (exact) mass is 463 g/mol. The summed E-state index contributed by atoms with van der Waals surface area (Å²) in [4.78, 5) is 26.1. The molecule has 4 heterocycles. The number of ether oxygens (including phenoxy) is 3. The first kappa shape index (κ1) is 22.5. The maximum Gasteiger partial charge on any atom is 0.340 e.